The Morgan fingerprint density at radius 1 is 1.07 bits per heavy atom. The van der Waals surface area contributed by atoms with Gasteiger partial charge in [0.05, 0.1) is 25.2 Å². The van der Waals surface area contributed by atoms with Gasteiger partial charge in [-0.05, 0) is 20.8 Å². The van der Waals surface area contributed by atoms with E-state index in [0.29, 0.717) is 19.8 Å². The van der Waals surface area contributed by atoms with Gasteiger partial charge in [0.1, 0.15) is 0 Å². The van der Waals surface area contributed by atoms with Crippen LogP contribution in [0, 0.1) is 0 Å². The van der Waals surface area contributed by atoms with Crippen LogP contribution in [0.5, 0.6) is 0 Å². The Bertz CT molecular complexity index is 113. The molecule has 0 amide bonds. The van der Waals surface area contributed by atoms with Crippen molar-refractivity contribution in [1.82, 2.24) is 5.39 Å². The summed E-state index contributed by atoms with van der Waals surface area (Å²) in [6.45, 7) is 8.31. The average Bonchev–Trinajstić information content (AvgIpc) is 2.04. The van der Waals surface area contributed by atoms with Crippen LogP contribution in [0.25, 0.3) is 0 Å². The molecule has 0 radical (unpaired) electrons. The molecule has 6 nitrogen and oxygen atoms in total. The van der Waals surface area contributed by atoms with Gasteiger partial charge in [-0.1, -0.05) is 0 Å². The Labute approximate surface area is 84.2 Å². The zero-order chi connectivity index (χ0) is 11.4. The topological polar surface area (TPSA) is 68.2 Å². The van der Waals surface area contributed by atoms with Crippen LogP contribution in [-0.2, 0) is 19.3 Å². The second-order valence-electron chi connectivity index (χ2n) is 2.00. The fraction of sp³-hybridized carbons (Fsp3) is 0.875. The van der Waals surface area contributed by atoms with Crippen molar-refractivity contribution in [1.29, 1.82) is 0 Å². The van der Waals surface area contributed by atoms with Crippen molar-refractivity contribution in [3.05, 3.63) is 0 Å². The fourth-order valence-electron chi connectivity index (χ4n) is 0.428. The highest BCUT2D eigenvalue weighted by atomic mass is 17.2. The number of rotatable bonds is 6. The molecule has 0 spiro atoms. The number of carbonyl (C=O) groups is 1. The molecular weight excluding hydrogens is 190 g/mol. The predicted molar refractivity (Wildman–Crippen MR) is 50.0 cm³/mol. The molecule has 0 atom stereocenters. The van der Waals surface area contributed by atoms with Gasteiger partial charge >= 0.3 is 0 Å². The van der Waals surface area contributed by atoms with E-state index in [1.165, 1.54) is 0 Å². The van der Waals surface area contributed by atoms with E-state index in [4.69, 9.17) is 24.4 Å². The first kappa shape index (κ1) is 15.8. The normalized spacial score (nSPS) is 9.50. The minimum Gasteiger partial charge on any atom is -0.481 e. The Morgan fingerprint density at radius 3 is 1.43 bits per heavy atom. The molecule has 0 bridgehead atoms. The Kier molecular flexibility index (Phi) is 13.9. The first-order chi connectivity index (χ1) is 6.58. The van der Waals surface area contributed by atoms with Gasteiger partial charge in [0.15, 0.2) is 0 Å². The van der Waals surface area contributed by atoms with E-state index in [0.717, 1.165) is 12.3 Å². The molecule has 0 fully saturated rings. The molecule has 0 aromatic carbocycles. The van der Waals surface area contributed by atoms with Gasteiger partial charge in [-0.25, -0.2) is 0 Å². The number of nitrogens with zero attached hydrogens (tertiary/aromatic N) is 1. The molecule has 0 aliphatic rings. The maximum absolute atomic E-state index is 9.00. The number of aliphatic carboxylic acids is 1. The highest BCUT2D eigenvalue weighted by Crippen LogP contribution is 1.92. The van der Waals surface area contributed by atoms with E-state index < -0.39 is 5.97 Å². The first-order valence-electron chi connectivity index (χ1n) is 4.46. The fourth-order valence-corrected chi connectivity index (χ4v) is 0.428. The van der Waals surface area contributed by atoms with Crippen molar-refractivity contribution < 1.29 is 24.4 Å². The quantitative estimate of drug-likeness (QED) is 0.664. The van der Waals surface area contributed by atoms with Crippen LogP contribution in [0.1, 0.15) is 27.7 Å². The third kappa shape index (κ3) is 17.4. The van der Waals surface area contributed by atoms with Crippen LogP contribution in [0.3, 0.4) is 0 Å². The zero-order valence-corrected chi connectivity index (χ0v) is 9.15. The average molecular weight is 209 g/mol. The Morgan fingerprint density at radius 2 is 1.29 bits per heavy atom. The van der Waals surface area contributed by atoms with Crippen LogP contribution in [-0.4, -0.2) is 36.3 Å². The second kappa shape index (κ2) is 12.3. The van der Waals surface area contributed by atoms with Gasteiger partial charge in [-0.3, -0.25) is 19.3 Å². The highest BCUT2D eigenvalue weighted by Gasteiger charge is 2.01. The lowest BCUT2D eigenvalue weighted by Gasteiger charge is -2.16. The predicted octanol–water partition coefficient (Wildman–Crippen LogP) is 1.23. The summed E-state index contributed by atoms with van der Waals surface area (Å²) < 4.78 is 0. The maximum atomic E-state index is 9.00. The largest absolute Gasteiger partial charge is 0.481 e. The standard InChI is InChI=1S/C6H15NO3.C2H4O2/c1-4-8-7(9-5-2)10-6-3;1-2(3)4/h4-6H2,1-3H3;1H3,(H,3,4). The molecule has 0 unspecified atom stereocenters. The van der Waals surface area contributed by atoms with Crippen LogP contribution in [0.15, 0.2) is 0 Å². The molecule has 14 heavy (non-hydrogen) atoms. The molecule has 0 aliphatic carbocycles. The minimum absolute atomic E-state index is 0.542. The van der Waals surface area contributed by atoms with E-state index in [-0.39, 0.29) is 0 Å². The third-order valence-corrected chi connectivity index (χ3v) is 0.704. The number of hydrogen-bond donors (Lipinski definition) is 1. The molecule has 0 aliphatic heterocycles. The monoisotopic (exact) mass is 209 g/mol. The molecule has 0 heterocycles. The lowest BCUT2D eigenvalue weighted by molar-refractivity contribution is -0.523. The van der Waals surface area contributed by atoms with Crippen molar-refractivity contribution >= 4 is 5.97 Å². The van der Waals surface area contributed by atoms with Gasteiger partial charge in [0.25, 0.3) is 5.97 Å². The minimum atomic E-state index is -0.833. The molecule has 0 saturated carbocycles. The van der Waals surface area contributed by atoms with E-state index in [1.54, 1.807) is 0 Å². The number of carboxylic acids is 1. The summed E-state index contributed by atoms with van der Waals surface area (Å²) in [5, 5.41) is 8.46. The third-order valence-electron chi connectivity index (χ3n) is 0.704. The van der Waals surface area contributed by atoms with Crippen LogP contribution in [0.4, 0.5) is 0 Å². The molecule has 0 aromatic rings. The maximum Gasteiger partial charge on any atom is 0.300 e. The number of hydrogen-bond acceptors (Lipinski definition) is 5. The summed E-state index contributed by atoms with van der Waals surface area (Å²) in [5.74, 6) is -0.833. The van der Waals surface area contributed by atoms with Gasteiger partial charge in [-0.15, -0.1) is 0 Å². The van der Waals surface area contributed by atoms with Crippen LogP contribution in [0.2, 0.25) is 0 Å². The SMILES string of the molecule is CC(=O)O.CCON(OCC)OCC. The number of carboxylic acid groups (broad SMARTS) is 1. The van der Waals surface area contributed by atoms with Crippen LogP contribution < -0.4 is 0 Å². The summed E-state index contributed by atoms with van der Waals surface area (Å²) >= 11 is 0. The van der Waals surface area contributed by atoms with Crippen molar-refractivity contribution in [2.75, 3.05) is 19.8 Å². The molecular formula is C8H19NO5. The summed E-state index contributed by atoms with van der Waals surface area (Å²) in [7, 11) is 0. The first-order valence-corrected chi connectivity index (χ1v) is 4.46. The molecule has 1 N–H and O–H groups in total. The lowest BCUT2D eigenvalue weighted by Crippen LogP contribution is -2.24. The lowest BCUT2D eigenvalue weighted by atomic mass is 10.9. The molecule has 6 heteroatoms. The van der Waals surface area contributed by atoms with Gasteiger partial charge in [0.2, 0.25) is 0 Å². The van der Waals surface area contributed by atoms with E-state index in [2.05, 4.69) is 0 Å². The molecule has 86 valence electrons. The van der Waals surface area contributed by atoms with E-state index >= 15 is 0 Å². The summed E-state index contributed by atoms with van der Waals surface area (Å²) in [6, 6.07) is 0. The second-order valence-corrected chi connectivity index (χ2v) is 2.00. The van der Waals surface area contributed by atoms with Crippen molar-refractivity contribution in [2.24, 2.45) is 0 Å². The van der Waals surface area contributed by atoms with Crippen molar-refractivity contribution in [2.45, 2.75) is 27.7 Å². The summed E-state index contributed by atoms with van der Waals surface area (Å²) in [5.41, 5.74) is 0. The summed E-state index contributed by atoms with van der Waals surface area (Å²) in [6.07, 6.45) is 0. The van der Waals surface area contributed by atoms with Crippen molar-refractivity contribution in [3.63, 3.8) is 0 Å². The zero-order valence-electron chi connectivity index (χ0n) is 9.15. The molecule has 0 saturated heterocycles. The molecule has 0 aromatic heterocycles. The van der Waals surface area contributed by atoms with Crippen LogP contribution >= 0.6 is 0 Å². The van der Waals surface area contributed by atoms with Gasteiger partial charge < -0.3 is 5.11 Å². The van der Waals surface area contributed by atoms with Crippen molar-refractivity contribution in [3.8, 4) is 0 Å². The Balaban J connectivity index is 0. The van der Waals surface area contributed by atoms with Gasteiger partial charge in [-0.2, -0.15) is 0 Å². The Hall–Kier alpha value is -0.690. The smallest absolute Gasteiger partial charge is 0.300 e. The van der Waals surface area contributed by atoms with E-state index in [9.17, 15) is 0 Å². The van der Waals surface area contributed by atoms with E-state index in [1.807, 2.05) is 20.8 Å². The molecule has 0 rings (SSSR count). The highest BCUT2D eigenvalue weighted by molar-refractivity contribution is 5.62. The van der Waals surface area contributed by atoms with Gasteiger partial charge in [0, 0.05) is 6.92 Å². The summed E-state index contributed by atoms with van der Waals surface area (Å²) in [4.78, 5) is 23.7.